The Morgan fingerprint density at radius 2 is 1.98 bits per heavy atom. The molecule has 2 saturated heterocycles. The summed E-state index contributed by atoms with van der Waals surface area (Å²) in [5, 5.41) is 10.6. The molecule has 43 heavy (non-hydrogen) atoms. The minimum Gasteiger partial charge on any atom is -0.488 e. The number of ether oxygens (including phenoxy) is 3. The summed E-state index contributed by atoms with van der Waals surface area (Å²) in [4.78, 5) is 22.6. The van der Waals surface area contributed by atoms with Gasteiger partial charge in [0.1, 0.15) is 23.5 Å². The summed E-state index contributed by atoms with van der Waals surface area (Å²) in [6.45, 7) is 4.02. The van der Waals surface area contributed by atoms with Gasteiger partial charge in [-0.25, -0.2) is 18.6 Å². The molecule has 5 heterocycles. The van der Waals surface area contributed by atoms with Crippen molar-refractivity contribution in [2.24, 2.45) is 11.7 Å². The number of nitrogens with two attached hydrogens (primary N) is 1. The molecule has 3 aromatic heterocycles. The van der Waals surface area contributed by atoms with Gasteiger partial charge in [0.2, 0.25) is 5.95 Å². The Labute approximate surface area is 246 Å². The van der Waals surface area contributed by atoms with E-state index >= 15 is 8.78 Å². The average Bonchev–Trinajstić information content (AvgIpc) is 3.64. The first kappa shape index (κ1) is 28.6. The van der Waals surface area contributed by atoms with E-state index in [0.29, 0.717) is 49.9 Å². The second kappa shape index (κ2) is 12.0. The number of pyridine rings is 1. The number of aromatic nitrogens is 4. The van der Waals surface area contributed by atoms with E-state index in [1.807, 2.05) is 13.0 Å². The summed E-state index contributed by atoms with van der Waals surface area (Å²) in [6, 6.07) is 6.80. The lowest BCUT2D eigenvalue weighted by atomic mass is 9.90. The summed E-state index contributed by atoms with van der Waals surface area (Å²) in [6.07, 6.45) is 4.84. The zero-order valence-corrected chi connectivity index (χ0v) is 23.7. The number of imidazole rings is 1. The van der Waals surface area contributed by atoms with Crippen LogP contribution in [0, 0.1) is 17.6 Å². The van der Waals surface area contributed by atoms with Crippen molar-refractivity contribution in [2.45, 2.75) is 31.5 Å². The number of fused-ring (bicyclic) bond motifs is 1. The third-order valence-corrected chi connectivity index (χ3v) is 7.72. The molecule has 14 heteroatoms. The maximum Gasteiger partial charge on any atom is 0.407 e. The lowest BCUT2D eigenvalue weighted by Crippen LogP contribution is -2.62. The molecule has 1 aromatic carbocycles. The van der Waals surface area contributed by atoms with Crippen LogP contribution in [0.3, 0.4) is 0 Å². The molecule has 0 radical (unpaired) electrons. The van der Waals surface area contributed by atoms with E-state index < -0.39 is 17.7 Å². The number of hydrogen-bond donors (Lipinski definition) is 3. The average molecular weight is 595 g/mol. The van der Waals surface area contributed by atoms with Gasteiger partial charge in [-0.3, -0.25) is 4.98 Å². The van der Waals surface area contributed by atoms with Gasteiger partial charge in [0.05, 0.1) is 66.9 Å². The van der Waals surface area contributed by atoms with Crippen molar-refractivity contribution in [3.63, 3.8) is 0 Å². The molecule has 2 aliphatic rings. The molecule has 0 spiro atoms. The number of hydrogen-bond acceptors (Lipinski definition) is 10. The number of anilines is 3. The first-order chi connectivity index (χ1) is 20.8. The number of carbonyl (C=O) groups is 1. The van der Waals surface area contributed by atoms with E-state index in [-0.39, 0.29) is 41.1 Å². The number of carbonyl (C=O) groups excluding carboxylic acids is 1. The van der Waals surface area contributed by atoms with E-state index in [0.717, 1.165) is 17.8 Å². The molecular weight excluding hydrogens is 562 g/mol. The molecule has 4 unspecified atom stereocenters. The van der Waals surface area contributed by atoms with Gasteiger partial charge in [0, 0.05) is 43.9 Å². The van der Waals surface area contributed by atoms with Crippen LogP contribution in [0.15, 0.2) is 48.9 Å². The van der Waals surface area contributed by atoms with Crippen molar-refractivity contribution in [1.82, 2.24) is 24.9 Å². The fourth-order valence-electron chi connectivity index (χ4n) is 5.61. The molecule has 2 fully saturated rings. The van der Waals surface area contributed by atoms with Crippen LogP contribution >= 0.6 is 0 Å². The van der Waals surface area contributed by atoms with Crippen LogP contribution in [0.25, 0.3) is 16.8 Å². The topological polar surface area (TPSA) is 141 Å². The first-order valence-electron chi connectivity index (χ1n) is 14.0. The number of methoxy groups -OCH3 is 1. The van der Waals surface area contributed by atoms with Crippen LogP contribution in [0.4, 0.5) is 30.9 Å². The van der Waals surface area contributed by atoms with Gasteiger partial charge in [-0.1, -0.05) is 6.92 Å². The summed E-state index contributed by atoms with van der Waals surface area (Å²) in [5.41, 5.74) is 8.34. The van der Waals surface area contributed by atoms with E-state index in [4.69, 9.17) is 19.9 Å². The minimum atomic E-state index is -0.791. The number of halogens is 2. The second-order valence-corrected chi connectivity index (χ2v) is 10.7. The van der Waals surface area contributed by atoms with Gasteiger partial charge in [0.15, 0.2) is 0 Å². The largest absolute Gasteiger partial charge is 0.488 e. The maximum absolute atomic E-state index is 15.2. The summed E-state index contributed by atoms with van der Waals surface area (Å²) < 4.78 is 47.6. The standard InChI is InChI=1S/C29H32F2N8O4/c1-16-13-38(14-22(32)27(16)36-29(40)41-2)25-5-7-33-12-24(25)35-28-34-11-17-3-4-23(37-39(17)28)26-20(30)9-19(10-21(26)31)43-18-6-8-42-15-18/h3-5,7,9-12,16,18,22,27H,6,8,13-15,32H2,1-2H3,(H,34,35)(H,36,40). The van der Waals surface area contributed by atoms with Crippen LogP contribution in [0.1, 0.15) is 13.3 Å². The van der Waals surface area contributed by atoms with Gasteiger partial charge in [-0.05, 0) is 24.1 Å². The fraction of sp³-hybridized carbons (Fsp3) is 0.379. The number of nitrogens with zero attached hydrogens (tertiary/aromatic N) is 5. The van der Waals surface area contributed by atoms with Crippen LogP contribution in [-0.2, 0) is 9.47 Å². The number of amides is 1. The molecule has 4 atom stereocenters. The van der Waals surface area contributed by atoms with E-state index in [2.05, 4.69) is 30.6 Å². The Kier molecular flexibility index (Phi) is 7.95. The van der Waals surface area contributed by atoms with E-state index in [1.165, 1.54) is 11.6 Å². The van der Waals surface area contributed by atoms with E-state index in [9.17, 15) is 4.79 Å². The molecule has 226 valence electrons. The summed E-state index contributed by atoms with van der Waals surface area (Å²) in [7, 11) is 1.32. The molecular formula is C29H32F2N8O4. The normalized spacial score (nSPS) is 22.0. The Morgan fingerprint density at radius 3 is 2.70 bits per heavy atom. The molecule has 6 rings (SSSR count). The summed E-state index contributed by atoms with van der Waals surface area (Å²) in [5.74, 6) is -1.13. The van der Waals surface area contributed by atoms with Crippen molar-refractivity contribution in [3.8, 4) is 17.0 Å². The number of benzene rings is 1. The smallest absolute Gasteiger partial charge is 0.407 e. The van der Waals surface area contributed by atoms with Crippen molar-refractivity contribution in [2.75, 3.05) is 43.6 Å². The predicted octanol–water partition coefficient (Wildman–Crippen LogP) is 3.49. The second-order valence-electron chi connectivity index (χ2n) is 10.7. The highest BCUT2D eigenvalue weighted by Crippen LogP contribution is 2.33. The quantitative estimate of drug-likeness (QED) is 0.291. The number of rotatable bonds is 7. The molecule has 0 bridgehead atoms. The first-order valence-corrected chi connectivity index (χ1v) is 14.0. The Balaban J connectivity index is 1.25. The number of alkyl carbamates (subject to hydrolysis) is 1. The predicted molar refractivity (Wildman–Crippen MR) is 154 cm³/mol. The van der Waals surface area contributed by atoms with Gasteiger partial charge < -0.3 is 35.5 Å². The molecule has 0 saturated carbocycles. The zero-order valence-electron chi connectivity index (χ0n) is 23.7. The van der Waals surface area contributed by atoms with Crippen molar-refractivity contribution >= 4 is 28.9 Å². The van der Waals surface area contributed by atoms with Crippen LogP contribution in [-0.4, -0.2) is 77.3 Å². The zero-order chi connectivity index (χ0) is 30.1. The monoisotopic (exact) mass is 594 g/mol. The Hall–Kier alpha value is -4.56. The number of nitrogens with one attached hydrogen (secondary N) is 2. The highest BCUT2D eigenvalue weighted by Gasteiger charge is 2.34. The minimum absolute atomic E-state index is 0.0217. The Bertz CT molecular complexity index is 1590. The van der Waals surface area contributed by atoms with Crippen molar-refractivity contribution in [3.05, 3.63) is 60.6 Å². The van der Waals surface area contributed by atoms with Gasteiger partial charge in [-0.15, -0.1) is 0 Å². The number of piperidine rings is 1. The lowest BCUT2D eigenvalue weighted by molar-refractivity contribution is 0.141. The SMILES string of the molecule is COC(=O)NC1C(C)CN(c2ccncc2Nc2ncc3ccc(-c4c(F)cc(OC5CCOC5)cc4F)nn23)CC1N. The van der Waals surface area contributed by atoms with Gasteiger partial charge in [0.25, 0.3) is 0 Å². The van der Waals surface area contributed by atoms with Crippen molar-refractivity contribution < 1.29 is 27.8 Å². The third kappa shape index (κ3) is 5.88. The van der Waals surface area contributed by atoms with Gasteiger partial charge in [-0.2, -0.15) is 9.61 Å². The van der Waals surface area contributed by atoms with Gasteiger partial charge >= 0.3 is 6.09 Å². The molecule has 1 amide bonds. The third-order valence-electron chi connectivity index (χ3n) is 7.72. The Morgan fingerprint density at radius 1 is 1.16 bits per heavy atom. The molecule has 2 aliphatic heterocycles. The highest BCUT2D eigenvalue weighted by atomic mass is 19.1. The van der Waals surface area contributed by atoms with Crippen LogP contribution in [0.2, 0.25) is 0 Å². The molecule has 4 N–H and O–H groups in total. The lowest BCUT2D eigenvalue weighted by Gasteiger charge is -2.42. The summed E-state index contributed by atoms with van der Waals surface area (Å²) >= 11 is 0. The van der Waals surface area contributed by atoms with E-state index in [1.54, 1.807) is 30.7 Å². The molecule has 4 aromatic rings. The van der Waals surface area contributed by atoms with Crippen LogP contribution < -0.4 is 26.0 Å². The van der Waals surface area contributed by atoms with Crippen molar-refractivity contribution in [1.29, 1.82) is 0 Å². The van der Waals surface area contributed by atoms with Crippen LogP contribution in [0.5, 0.6) is 5.75 Å². The maximum atomic E-state index is 15.2. The highest BCUT2D eigenvalue weighted by molar-refractivity contribution is 5.74. The molecule has 12 nitrogen and oxygen atoms in total. The fourth-order valence-corrected chi connectivity index (χ4v) is 5.61. The molecule has 0 aliphatic carbocycles.